The number of amides is 1. The number of rotatable bonds is 6. The van der Waals surface area contributed by atoms with Gasteiger partial charge in [0.2, 0.25) is 0 Å². The van der Waals surface area contributed by atoms with Gasteiger partial charge in [0.15, 0.2) is 11.5 Å². The number of ketones is 1. The Hall–Kier alpha value is -3.03. The second-order valence-electron chi connectivity index (χ2n) is 9.23. The van der Waals surface area contributed by atoms with Crippen LogP contribution in [0.4, 0.5) is 10.5 Å². The summed E-state index contributed by atoms with van der Waals surface area (Å²) in [5.74, 6) is -0.382. The molecular weight excluding hydrogens is 489 g/mol. The largest absolute Gasteiger partial charge is 0.505 e. The molecule has 4 rings (SSSR count). The zero-order chi connectivity index (χ0) is 25.3. The van der Waals surface area contributed by atoms with Gasteiger partial charge in [0, 0.05) is 29.6 Å². The number of hydrogen-bond donors (Lipinski definition) is 4. The fourth-order valence-corrected chi connectivity index (χ4v) is 5.01. The Balaban J connectivity index is 1.75. The number of benzene rings is 2. The number of Topliss-reactive ketones (excluding diaryl/α,β-unsaturated/α-hetero) is 1. The molecule has 1 fully saturated rings. The molecule has 0 atom stereocenters. The zero-order valence-electron chi connectivity index (χ0n) is 19.4. The first-order valence-corrected chi connectivity index (χ1v) is 12.3. The third kappa shape index (κ3) is 5.46. The highest BCUT2D eigenvalue weighted by Crippen LogP contribution is 2.38. The second kappa shape index (κ2) is 10.3. The van der Waals surface area contributed by atoms with Crippen LogP contribution in [0.1, 0.15) is 49.9 Å². The summed E-state index contributed by atoms with van der Waals surface area (Å²) in [6.07, 6.45) is 3.60. The second-order valence-corrected chi connectivity index (χ2v) is 10.0. The van der Waals surface area contributed by atoms with Gasteiger partial charge in [-0.25, -0.2) is 4.79 Å². The first kappa shape index (κ1) is 25.1. The molecule has 0 unspecified atom stereocenters. The molecule has 1 saturated carbocycles. The molecule has 0 bridgehead atoms. The van der Waals surface area contributed by atoms with Crippen molar-refractivity contribution in [3.63, 3.8) is 0 Å². The molecule has 7 nitrogen and oxygen atoms in total. The fourth-order valence-electron chi connectivity index (χ4n) is 4.52. The van der Waals surface area contributed by atoms with Gasteiger partial charge in [0.1, 0.15) is 0 Å². The van der Waals surface area contributed by atoms with Crippen molar-refractivity contribution in [2.24, 2.45) is 5.92 Å². The maximum Gasteiger partial charge on any atom is 0.404 e. The topological polar surface area (TPSA) is 112 Å². The molecule has 0 aliphatic heterocycles. The molecule has 1 amide bonds. The Morgan fingerprint density at radius 2 is 1.63 bits per heavy atom. The van der Waals surface area contributed by atoms with E-state index in [0.29, 0.717) is 5.56 Å². The summed E-state index contributed by atoms with van der Waals surface area (Å²) >= 11 is 12.3. The molecule has 2 aromatic carbocycles. The van der Waals surface area contributed by atoms with Gasteiger partial charge in [0.25, 0.3) is 0 Å². The third-order valence-corrected chi connectivity index (χ3v) is 6.99. The number of carbonyl (C=O) groups excluding carboxylic acids is 1. The van der Waals surface area contributed by atoms with Crippen molar-refractivity contribution >= 4 is 51.7 Å². The fraction of sp³-hybridized carbons (Fsp3) is 0.346. The van der Waals surface area contributed by atoms with E-state index in [4.69, 9.17) is 28.3 Å². The normalized spacial score (nSPS) is 18.0. The Morgan fingerprint density at radius 3 is 2.23 bits per heavy atom. The van der Waals surface area contributed by atoms with Gasteiger partial charge in [-0.15, -0.1) is 0 Å². The maximum atomic E-state index is 13.1. The van der Waals surface area contributed by atoms with Gasteiger partial charge in [-0.05, 0) is 61.1 Å². The molecule has 4 N–H and O–H groups in total. The number of phenols is 1. The van der Waals surface area contributed by atoms with E-state index in [-0.39, 0.29) is 39.6 Å². The average Bonchev–Trinajstić information content (AvgIpc) is 2.82. The Morgan fingerprint density at radius 1 is 1.00 bits per heavy atom. The first-order chi connectivity index (χ1) is 16.6. The molecule has 1 aliphatic carbocycles. The van der Waals surface area contributed by atoms with Crippen molar-refractivity contribution in [3.8, 4) is 16.9 Å². The van der Waals surface area contributed by atoms with Gasteiger partial charge in [0.05, 0.1) is 26.8 Å². The van der Waals surface area contributed by atoms with Crippen LogP contribution in [0.5, 0.6) is 5.75 Å². The van der Waals surface area contributed by atoms with Crippen LogP contribution in [0.15, 0.2) is 36.5 Å². The number of aromatic hydroxyl groups is 1. The van der Waals surface area contributed by atoms with Crippen molar-refractivity contribution < 1.29 is 19.8 Å². The average molecular weight is 516 g/mol. The number of carbonyl (C=O) groups is 2. The van der Waals surface area contributed by atoms with Crippen LogP contribution in [-0.2, 0) is 0 Å². The van der Waals surface area contributed by atoms with Crippen LogP contribution in [0.3, 0.4) is 0 Å². The number of aromatic nitrogens is 1. The summed E-state index contributed by atoms with van der Waals surface area (Å²) in [6, 6.07) is 9.03. The van der Waals surface area contributed by atoms with Crippen molar-refractivity contribution in [2.45, 2.75) is 51.6 Å². The van der Waals surface area contributed by atoms with Crippen LogP contribution in [0.2, 0.25) is 10.0 Å². The molecule has 9 heteroatoms. The molecule has 1 heterocycles. The maximum absolute atomic E-state index is 13.1. The van der Waals surface area contributed by atoms with E-state index in [1.165, 1.54) is 0 Å². The third-order valence-electron chi connectivity index (χ3n) is 6.41. The summed E-state index contributed by atoms with van der Waals surface area (Å²) in [6.45, 7) is 3.71. The van der Waals surface area contributed by atoms with Crippen LogP contribution in [0.25, 0.3) is 22.0 Å². The minimum atomic E-state index is -1.01. The smallest absolute Gasteiger partial charge is 0.404 e. The first-order valence-electron chi connectivity index (χ1n) is 11.6. The lowest BCUT2D eigenvalue weighted by molar-refractivity contribution is 0.0940. The molecule has 35 heavy (non-hydrogen) atoms. The lowest BCUT2D eigenvalue weighted by Gasteiger charge is -2.30. The number of halogens is 2. The van der Waals surface area contributed by atoms with Gasteiger partial charge >= 0.3 is 6.09 Å². The summed E-state index contributed by atoms with van der Waals surface area (Å²) < 4.78 is 0. The highest BCUT2D eigenvalue weighted by atomic mass is 35.5. The van der Waals surface area contributed by atoms with E-state index in [1.807, 2.05) is 32.0 Å². The molecule has 1 aromatic heterocycles. The number of nitrogens with one attached hydrogen (secondary N) is 2. The highest BCUT2D eigenvalue weighted by molar-refractivity contribution is 6.37. The van der Waals surface area contributed by atoms with Crippen molar-refractivity contribution in [3.05, 3.63) is 52.1 Å². The highest BCUT2D eigenvalue weighted by Gasteiger charge is 2.25. The number of carboxylic acid groups (broad SMARTS) is 1. The summed E-state index contributed by atoms with van der Waals surface area (Å²) in [7, 11) is 0. The summed E-state index contributed by atoms with van der Waals surface area (Å²) in [4.78, 5) is 28.6. The van der Waals surface area contributed by atoms with Crippen LogP contribution in [0, 0.1) is 5.92 Å². The number of fused-ring (bicyclic) bond motifs is 1. The number of phenolic OH excluding ortho intramolecular Hbond substituents is 1. The minimum absolute atomic E-state index is 0.00995. The number of anilines is 1. The molecule has 0 spiro atoms. The predicted molar refractivity (Wildman–Crippen MR) is 139 cm³/mol. The molecule has 1 aliphatic rings. The van der Waals surface area contributed by atoms with Gasteiger partial charge in [-0.3, -0.25) is 9.78 Å². The Labute approximate surface area is 213 Å². The standard InChI is InChI=1S/C26H27Cl2N3O4/c1-13(2)24(32)19-12-29-22-8-3-14(15-10-20(27)25(33)21(28)11-15)9-18(22)23(19)30-16-4-6-17(7-5-16)31-26(34)35/h3,8-13,16-17,31,33H,4-7H2,1-2H3,(H,29,30)(H,34,35). The monoisotopic (exact) mass is 515 g/mol. The Bertz CT molecular complexity index is 1260. The number of nitrogens with zero attached hydrogens (tertiary/aromatic N) is 1. The molecule has 0 radical (unpaired) electrons. The quantitative estimate of drug-likeness (QED) is 0.270. The molecule has 3 aromatic rings. The predicted octanol–water partition coefficient (Wildman–Crippen LogP) is 6.74. The van der Waals surface area contributed by atoms with Crippen LogP contribution < -0.4 is 10.6 Å². The van der Waals surface area contributed by atoms with Crippen LogP contribution in [-0.4, -0.2) is 39.2 Å². The van der Waals surface area contributed by atoms with E-state index in [0.717, 1.165) is 53.4 Å². The lowest BCUT2D eigenvalue weighted by Crippen LogP contribution is -2.39. The zero-order valence-corrected chi connectivity index (χ0v) is 21.0. The van der Waals surface area contributed by atoms with E-state index in [9.17, 15) is 14.7 Å². The van der Waals surface area contributed by atoms with E-state index < -0.39 is 6.09 Å². The van der Waals surface area contributed by atoms with Crippen LogP contribution >= 0.6 is 23.2 Å². The van der Waals surface area contributed by atoms with E-state index >= 15 is 0 Å². The van der Waals surface area contributed by atoms with E-state index in [2.05, 4.69) is 15.6 Å². The van der Waals surface area contributed by atoms with Crippen molar-refractivity contribution in [2.75, 3.05) is 5.32 Å². The lowest BCUT2D eigenvalue weighted by atomic mass is 9.90. The summed E-state index contributed by atoms with van der Waals surface area (Å²) in [5, 5.41) is 26.2. The van der Waals surface area contributed by atoms with E-state index in [1.54, 1.807) is 18.3 Å². The molecule has 184 valence electrons. The SMILES string of the molecule is CC(C)C(=O)c1cnc2ccc(-c3cc(Cl)c(O)c(Cl)c3)cc2c1NC1CCC(NC(=O)O)CC1. The summed E-state index contributed by atoms with van der Waals surface area (Å²) in [5.41, 5.74) is 3.52. The van der Waals surface area contributed by atoms with Gasteiger partial charge in [-0.1, -0.05) is 43.1 Å². The molecular formula is C26H27Cl2N3O4. The minimum Gasteiger partial charge on any atom is -0.505 e. The van der Waals surface area contributed by atoms with Gasteiger partial charge in [-0.2, -0.15) is 0 Å². The molecule has 0 saturated heterocycles. The van der Waals surface area contributed by atoms with Crippen molar-refractivity contribution in [1.82, 2.24) is 10.3 Å². The number of pyridine rings is 1. The Kier molecular flexibility index (Phi) is 7.38. The van der Waals surface area contributed by atoms with Crippen molar-refractivity contribution in [1.29, 1.82) is 0 Å². The van der Waals surface area contributed by atoms with Gasteiger partial charge < -0.3 is 20.8 Å². The number of hydrogen-bond acceptors (Lipinski definition) is 5.